The maximum absolute atomic E-state index is 12.6. The predicted molar refractivity (Wildman–Crippen MR) is 98.6 cm³/mol. The van der Waals surface area contributed by atoms with Crippen LogP contribution in [0.15, 0.2) is 55.6 Å². The first-order chi connectivity index (χ1) is 12.4. The molecule has 0 aliphatic rings. The molecule has 0 saturated carbocycles. The fourth-order valence-electron chi connectivity index (χ4n) is 2.28. The second-order valence-electron chi connectivity index (χ2n) is 5.54. The molecule has 0 N–H and O–H groups in total. The number of nitro benzene ring substituents is 1. The molecule has 1 amide bonds. The van der Waals surface area contributed by atoms with Gasteiger partial charge < -0.3 is 9.32 Å². The summed E-state index contributed by atoms with van der Waals surface area (Å²) in [7, 11) is 1.62. The highest BCUT2D eigenvalue weighted by Crippen LogP contribution is 2.37. The van der Waals surface area contributed by atoms with Gasteiger partial charge in [0.15, 0.2) is 4.34 Å². The first kappa shape index (κ1) is 18.2. The van der Waals surface area contributed by atoms with E-state index in [1.54, 1.807) is 31.3 Å². The fraction of sp³-hybridized carbons (Fsp3) is 0.176. The lowest BCUT2D eigenvalue weighted by molar-refractivity contribution is -0.387. The molecule has 0 saturated heterocycles. The summed E-state index contributed by atoms with van der Waals surface area (Å²) in [4.78, 5) is 29.8. The van der Waals surface area contributed by atoms with E-state index in [-0.39, 0.29) is 23.7 Å². The number of nitrogens with zero attached hydrogens (tertiary/aromatic N) is 3. The van der Waals surface area contributed by atoms with Crippen molar-refractivity contribution in [3.05, 3.63) is 69.1 Å². The molecule has 26 heavy (non-hydrogen) atoms. The lowest BCUT2D eigenvalue weighted by atomic mass is 10.1. The summed E-state index contributed by atoms with van der Waals surface area (Å²) in [5.41, 5.74) is 1.01. The van der Waals surface area contributed by atoms with Crippen LogP contribution in [0.3, 0.4) is 0 Å². The first-order valence-electron chi connectivity index (χ1n) is 7.60. The number of thiazole rings is 1. The van der Waals surface area contributed by atoms with Crippen LogP contribution < -0.4 is 0 Å². The van der Waals surface area contributed by atoms with E-state index in [1.165, 1.54) is 40.3 Å². The van der Waals surface area contributed by atoms with Crippen LogP contribution in [0.5, 0.6) is 0 Å². The summed E-state index contributed by atoms with van der Waals surface area (Å²) in [5.74, 6) is 0.327. The van der Waals surface area contributed by atoms with Crippen molar-refractivity contribution >= 4 is 34.7 Å². The average molecular weight is 389 g/mol. The van der Waals surface area contributed by atoms with E-state index in [0.717, 1.165) is 10.0 Å². The van der Waals surface area contributed by atoms with Gasteiger partial charge in [-0.2, -0.15) is 0 Å². The number of rotatable bonds is 6. The molecule has 9 heteroatoms. The molecule has 0 aliphatic heterocycles. The van der Waals surface area contributed by atoms with E-state index in [4.69, 9.17) is 4.42 Å². The molecule has 134 valence electrons. The van der Waals surface area contributed by atoms with E-state index in [1.807, 2.05) is 12.3 Å². The van der Waals surface area contributed by atoms with E-state index in [2.05, 4.69) is 4.98 Å². The van der Waals surface area contributed by atoms with Gasteiger partial charge in [-0.25, -0.2) is 4.98 Å². The second kappa shape index (κ2) is 7.71. The molecule has 0 atom stereocenters. The predicted octanol–water partition coefficient (Wildman–Crippen LogP) is 4.38. The number of hydrogen-bond acceptors (Lipinski definition) is 7. The van der Waals surface area contributed by atoms with Crippen LogP contribution in [0, 0.1) is 17.0 Å². The summed E-state index contributed by atoms with van der Waals surface area (Å²) in [6.07, 6.45) is 1.53. The van der Waals surface area contributed by atoms with Crippen LogP contribution in [-0.4, -0.2) is 27.8 Å². The van der Waals surface area contributed by atoms with Gasteiger partial charge in [0.25, 0.3) is 11.6 Å². The Morgan fingerprint density at radius 2 is 2.23 bits per heavy atom. The third-order valence-electron chi connectivity index (χ3n) is 3.52. The van der Waals surface area contributed by atoms with Gasteiger partial charge in [-0.15, -0.1) is 11.3 Å². The lowest BCUT2D eigenvalue weighted by Gasteiger charge is -2.16. The van der Waals surface area contributed by atoms with Crippen molar-refractivity contribution in [3.8, 4) is 0 Å². The molecule has 0 radical (unpaired) electrons. The maximum Gasteiger partial charge on any atom is 0.284 e. The fourth-order valence-corrected chi connectivity index (χ4v) is 4.16. The number of hydrogen-bond donors (Lipinski definition) is 0. The molecule has 2 heterocycles. The van der Waals surface area contributed by atoms with Crippen molar-refractivity contribution < 1.29 is 14.1 Å². The van der Waals surface area contributed by atoms with Crippen molar-refractivity contribution in [2.75, 3.05) is 7.05 Å². The van der Waals surface area contributed by atoms with E-state index < -0.39 is 4.92 Å². The van der Waals surface area contributed by atoms with Gasteiger partial charge in [0.05, 0.1) is 22.6 Å². The second-order valence-corrected chi connectivity index (χ2v) is 7.68. The smallest absolute Gasteiger partial charge is 0.284 e. The van der Waals surface area contributed by atoms with Crippen molar-refractivity contribution in [1.82, 2.24) is 9.88 Å². The van der Waals surface area contributed by atoms with Crippen molar-refractivity contribution in [2.24, 2.45) is 0 Å². The summed E-state index contributed by atoms with van der Waals surface area (Å²) < 4.78 is 5.95. The topological polar surface area (TPSA) is 89.5 Å². The van der Waals surface area contributed by atoms with Crippen LogP contribution in [0.2, 0.25) is 0 Å². The quantitative estimate of drug-likeness (QED) is 0.459. The molecule has 1 aromatic carbocycles. The van der Waals surface area contributed by atoms with Crippen molar-refractivity contribution in [2.45, 2.75) is 22.7 Å². The standard InChI is InChI=1S/C17H15N3O4S2/c1-11-10-25-17(18-11)26-15-6-5-12(8-14(15)20(22)23)16(21)19(2)9-13-4-3-7-24-13/h3-8,10H,9H2,1-2H3. The van der Waals surface area contributed by atoms with Gasteiger partial charge in [-0.1, -0.05) is 11.8 Å². The van der Waals surface area contributed by atoms with Gasteiger partial charge in [0, 0.05) is 29.8 Å². The zero-order valence-corrected chi connectivity index (χ0v) is 15.7. The Morgan fingerprint density at radius 3 is 2.85 bits per heavy atom. The molecule has 0 aliphatic carbocycles. The molecule has 3 aromatic rings. The third kappa shape index (κ3) is 4.12. The van der Waals surface area contributed by atoms with Crippen molar-refractivity contribution in [3.63, 3.8) is 0 Å². The molecule has 0 spiro atoms. The minimum atomic E-state index is -0.480. The average Bonchev–Trinajstić information content (AvgIpc) is 3.26. The number of aryl methyl sites for hydroxylation is 1. The van der Waals surface area contributed by atoms with E-state index in [9.17, 15) is 14.9 Å². The van der Waals surface area contributed by atoms with Crippen LogP contribution in [0.4, 0.5) is 5.69 Å². The number of nitro groups is 1. The lowest BCUT2D eigenvalue weighted by Crippen LogP contribution is -2.26. The van der Waals surface area contributed by atoms with Crippen LogP contribution in [0.25, 0.3) is 0 Å². The molecular weight excluding hydrogens is 374 g/mol. The zero-order chi connectivity index (χ0) is 18.7. The number of amides is 1. The Kier molecular flexibility index (Phi) is 5.38. The third-order valence-corrected chi connectivity index (χ3v) is 5.64. The number of carbonyl (C=O) groups is 1. The summed E-state index contributed by atoms with van der Waals surface area (Å²) in [5, 5.41) is 13.3. The Balaban J connectivity index is 1.83. The largest absolute Gasteiger partial charge is 0.467 e. The van der Waals surface area contributed by atoms with Gasteiger partial charge in [0.2, 0.25) is 0 Å². The molecular formula is C17H15N3O4S2. The Bertz CT molecular complexity index is 937. The minimum Gasteiger partial charge on any atom is -0.467 e. The Labute approximate surface area is 157 Å². The number of carbonyl (C=O) groups excluding carboxylic acids is 1. The highest BCUT2D eigenvalue weighted by molar-refractivity contribution is 8.01. The summed E-state index contributed by atoms with van der Waals surface area (Å²) in [6.45, 7) is 2.15. The molecule has 3 rings (SSSR count). The Hall–Kier alpha value is -2.65. The Morgan fingerprint density at radius 1 is 1.42 bits per heavy atom. The van der Waals surface area contributed by atoms with Crippen LogP contribution in [-0.2, 0) is 6.54 Å². The van der Waals surface area contributed by atoms with Gasteiger partial charge in [-0.05, 0) is 31.2 Å². The van der Waals surface area contributed by atoms with Gasteiger partial charge in [0.1, 0.15) is 5.76 Å². The van der Waals surface area contributed by atoms with Crippen molar-refractivity contribution in [1.29, 1.82) is 0 Å². The van der Waals surface area contributed by atoms with Crippen LogP contribution in [0.1, 0.15) is 21.8 Å². The van der Waals surface area contributed by atoms with E-state index >= 15 is 0 Å². The SMILES string of the molecule is Cc1csc(Sc2ccc(C(=O)N(C)Cc3ccco3)cc2[N+](=O)[O-])n1. The van der Waals surface area contributed by atoms with Crippen LogP contribution >= 0.6 is 23.1 Å². The maximum atomic E-state index is 12.6. The molecule has 7 nitrogen and oxygen atoms in total. The number of aromatic nitrogens is 1. The molecule has 0 fully saturated rings. The monoisotopic (exact) mass is 389 g/mol. The highest BCUT2D eigenvalue weighted by Gasteiger charge is 2.21. The van der Waals surface area contributed by atoms with Gasteiger partial charge in [-0.3, -0.25) is 14.9 Å². The summed E-state index contributed by atoms with van der Waals surface area (Å²) in [6, 6.07) is 8.00. The van der Waals surface area contributed by atoms with Gasteiger partial charge >= 0.3 is 0 Å². The number of furan rings is 1. The minimum absolute atomic E-state index is 0.111. The molecule has 0 bridgehead atoms. The zero-order valence-electron chi connectivity index (χ0n) is 14.0. The molecule has 2 aromatic heterocycles. The molecule has 0 unspecified atom stereocenters. The van der Waals surface area contributed by atoms with E-state index in [0.29, 0.717) is 10.7 Å². The number of benzene rings is 1. The first-order valence-corrected chi connectivity index (χ1v) is 9.30. The summed E-state index contributed by atoms with van der Waals surface area (Å²) >= 11 is 2.65. The normalized spacial score (nSPS) is 10.7. The highest BCUT2D eigenvalue weighted by atomic mass is 32.2.